The fourth-order valence-corrected chi connectivity index (χ4v) is 9.25. The number of aromatic nitrogens is 4. The van der Waals surface area contributed by atoms with Crippen LogP contribution in [0.1, 0.15) is 0 Å². The molecule has 0 fully saturated rings. The summed E-state index contributed by atoms with van der Waals surface area (Å²) in [4.78, 5) is 19.4. The summed E-state index contributed by atoms with van der Waals surface area (Å²) in [7, 11) is 0. The number of pyridine rings is 4. The molecule has 4 aromatic heterocycles. The third kappa shape index (κ3) is 7.81. The second-order valence-electron chi connectivity index (χ2n) is 16.3. The summed E-state index contributed by atoms with van der Waals surface area (Å²) in [6, 6.07) is 82.8. The van der Waals surface area contributed by atoms with Gasteiger partial charge in [-0.25, -0.2) is 0 Å². The quantitative estimate of drug-likeness (QED) is 0.112. The van der Waals surface area contributed by atoms with Crippen molar-refractivity contribution >= 4 is 32.6 Å². The molecule has 0 aliphatic heterocycles. The zero-order valence-electron chi connectivity index (χ0n) is 36.0. The molecule has 0 saturated heterocycles. The van der Waals surface area contributed by atoms with Gasteiger partial charge >= 0.3 is 20.1 Å². The number of benzene rings is 8. The molecule has 67 heavy (non-hydrogen) atoms. The molecule has 0 N–H and O–H groups in total. The van der Waals surface area contributed by atoms with Crippen molar-refractivity contribution in [2.75, 3.05) is 0 Å². The number of hydrogen-bond acceptors (Lipinski definition) is 4. The van der Waals surface area contributed by atoms with Crippen LogP contribution in [-0.2, 0) is 20.1 Å². The summed E-state index contributed by atoms with van der Waals surface area (Å²) >= 11 is 0. The second kappa shape index (κ2) is 18.0. The van der Waals surface area contributed by atoms with Crippen molar-refractivity contribution in [2.24, 2.45) is 0 Å². The van der Waals surface area contributed by atoms with Crippen LogP contribution < -0.4 is 0 Å². The van der Waals surface area contributed by atoms with Gasteiger partial charge in [0.1, 0.15) is 0 Å². The Kier molecular flexibility index (Phi) is 11.1. The molecule has 0 aliphatic carbocycles. The third-order valence-electron chi connectivity index (χ3n) is 12.4. The number of nitrogens with zero attached hydrogens (tertiary/aromatic N) is 4. The molecule has 8 aromatic carbocycles. The summed E-state index contributed by atoms with van der Waals surface area (Å²) in [5.41, 5.74) is 18.3. The van der Waals surface area contributed by atoms with Crippen LogP contribution in [0, 0.1) is 18.2 Å². The van der Waals surface area contributed by atoms with E-state index in [1.165, 1.54) is 0 Å². The predicted molar refractivity (Wildman–Crippen MR) is 270 cm³/mol. The van der Waals surface area contributed by atoms with Crippen LogP contribution in [0.3, 0.4) is 0 Å². The summed E-state index contributed by atoms with van der Waals surface area (Å²) in [5, 5.41) is 4.22. The van der Waals surface area contributed by atoms with Gasteiger partial charge in [-0.3, -0.25) is 0 Å². The standard InChI is InChI=1S/C62H37N4.Ir/c1-3-16-50(48(14-1)41-25-29-43(30-26-41)58-23-9-11-35-63-58)45-38-46(51-17-4-2-15-49(51)42-27-31-44(32-28-42)59-24-10-12-36-64-59)40-47(39-45)52-18-5-7-20-54(52)60-34-33-57-61-55(22-13-37-65-61)53-19-6-8-21-56(53)62(57)66-60;/h1-29,31,34-40H;/q-3;+3. The van der Waals surface area contributed by atoms with E-state index in [0.717, 1.165) is 122 Å². The molecule has 0 atom stereocenters. The minimum Gasteiger partial charge on any atom is -0.343 e. The van der Waals surface area contributed by atoms with Gasteiger partial charge in [0.25, 0.3) is 0 Å². The fourth-order valence-electron chi connectivity index (χ4n) is 9.25. The zero-order valence-corrected chi connectivity index (χ0v) is 38.4. The smallest absolute Gasteiger partial charge is 0.343 e. The monoisotopic (exact) mass is 1030 g/mol. The summed E-state index contributed by atoms with van der Waals surface area (Å²) in [6.45, 7) is 0. The summed E-state index contributed by atoms with van der Waals surface area (Å²) < 4.78 is 0. The van der Waals surface area contributed by atoms with Crippen LogP contribution in [-0.4, -0.2) is 19.9 Å². The number of rotatable bonds is 8. The first-order valence-electron chi connectivity index (χ1n) is 22.0. The summed E-state index contributed by atoms with van der Waals surface area (Å²) in [6.07, 6.45) is 5.48. The molecule has 4 heterocycles. The van der Waals surface area contributed by atoms with E-state index in [4.69, 9.17) is 9.97 Å². The van der Waals surface area contributed by atoms with Gasteiger partial charge in [0, 0.05) is 18.6 Å². The maximum Gasteiger partial charge on any atom is 3.00 e. The van der Waals surface area contributed by atoms with Gasteiger partial charge < -0.3 is 19.9 Å². The van der Waals surface area contributed by atoms with Crippen molar-refractivity contribution in [3.63, 3.8) is 0 Å². The molecule has 0 saturated carbocycles. The van der Waals surface area contributed by atoms with Crippen molar-refractivity contribution in [1.29, 1.82) is 0 Å². The van der Waals surface area contributed by atoms with Crippen LogP contribution >= 0.6 is 0 Å². The van der Waals surface area contributed by atoms with Gasteiger partial charge in [-0.1, -0.05) is 155 Å². The van der Waals surface area contributed by atoms with Crippen LogP contribution in [0.2, 0.25) is 0 Å². The molecule has 314 valence electrons. The molecule has 5 heteroatoms. The van der Waals surface area contributed by atoms with E-state index in [9.17, 15) is 0 Å². The van der Waals surface area contributed by atoms with Crippen molar-refractivity contribution in [3.05, 3.63) is 243 Å². The normalized spacial score (nSPS) is 11.2. The van der Waals surface area contributed by atoms with E-state index < -0.39 is 0 Å². The Hall–Kier alpha value is -8.21. The van der Waals surface area contributed by atoms with E-state index in [-0.39, 0.29) is 20.1 Å². The molecule has 0 radical (unpaired) electrons. The molecule has 12 rings (SSSR count). The number of hydrogen-bond donors (Lipinski definition) is 0. The molecule has 0 aliphatic rings. The van der Waals surface area contributed by atoms with Crippen LogP contribution in [0.15, 0.2) is 225 Å². The average Bonchev–Trinajstić information content (AvgIpc) is 3.41. The Balaban J connectivity index is 0.00000494. The second-order valence-corrected chi connectivity index (χ2v) is 16.3. The van der Waals surface area contributed by atoms with Gasteiger partial charge in [-0.05, 0) is 120 Å². The Morgan fingerprint density at radius 2 is 0.731 bits per heavy atom. The van der Waals surface area contributed by atoms with Gasteiger partial charge in [0.05, 0.1) is 0 Å². The Bertz CT molecular complexity index is 3560. The molecule has 0 spiro atoms. The molecule has 0 bridgehead atoms. The average molecular weight is 1030 g/mol. The minimum absolute atomic E-state index is 0. The maximum absolute atomic E-state index is 5.45. The van der Waals surface area contributed by atoms with E-state index in [0.29, 0.717) is 0 Å². The van der Waals surface area contributed by atoms with Crippen LogP contribution in [0.4, 0.5) is 0 Å². The topological polar surface area (TPSA) is 51.6 Å². The largest absolute Gasteiger partial charge is 3.00 e. The van der Waals surface area contributed by atoms with E-state index in [1.807, 2.05) is 67.1 Å². The SMILES string of the molecule is [Ir+3].[c-]1cc(-c2ccccc2-c2cc(-c3ccccc3-c3c[c-]c(-c4ccccn4)cc3)cc(-c3ccccc3-c3c[c-]c4c5ncccc5c5ccccc5c4n3)c2)ccc1-c1ccccn1. The van der Waals surface area contributed by atoms with E-state index in [2.05, 4.69) is 186 Å². The van der Waals surface area contributed by atoms with E-state index in [1.54, 1.807) is 0 Å². The van der Waals surface area contributed by atoms with E-state index >= 15 is 0 Å². The first-order chi connectivity index (χ1) is 32.7. The molecule has 0 amide bonds. The first kappa shape index (κ1) is 41.5. The van der Waals surface area contributed by atoms with Gasteiger partial charge in [-0.2, -0.15) is 0 Å². The van der Waals surface area contributed by atoms with Crippen molar-refractivity contribution in [1.82, 2.24) is 19.9 Å². The molecular formula is C62H37IrN4. The Morgan fingerprint density at radius 1 is 0.299 bits per heavy atom. The van der Waals surface area contributed by atoms with Gasteiger partial charge in [0.15, 0.2) is 0 Å². The maximum atomic E-state index is 5.45. The van der Waals surface area contributed by atoms with Gasteiger partial charge in [0.2, 0.25) is 0 Å². The number of fused-ring (bicyclic) bond motifs is 6. The van der Waals surface area contributed by atoms with Crippen molar-refractivity contribution < 1.29 is 20.1 Å². The molecular weight excluding hydrogens is 993 g/mol. The van der Waals surface area contributed by atoms with Crippen molar-refractivity contribution in [2.45, 2.75) is 0 Å². The zero-order chi connectivity index (χ0) is 43.8. The fraction of sp³-hybridized carbons (Fsp3) is 0. The minimum atomic E-state index is 0. The molecule has 12 aromatic rings. The Labute approximate surface area is 402 Å². The van der Waals surface area contributed by atoms with Crippen LogP contribution in [0.25, 0.3) is 122 Å². The molecule has 0 unspecified atom stereocenters. The third-order valence-corrected chi connectivity index (χ3v) is 12.4. The van der Waals surface area contributed by atoms with Crippen LogP contribution in [0.5, 0.6) is 0 Å². The Morgan fingerprint density at radius 3 is 1.24 bits per heavy atom. The molecule has 4 nitrogen and oxygen atoms in total. The summed E-state index contributed by atoms with van der Waals surface area (Å²) in [5.74, 6) is 0. The first-order valence-corrected chi connectivity index (χ1v) is 22.0. The van der Waals surface area contributed by atoms with Gasteiger partial charge in [-0.15, -0.1) is 71.8 Å². The van der Waals surface area contributed by atoms with Crippen molar-refractivity contribution in [3.8, 4) is 89.4 Å². The predicted octanol–water partition coefficient (Wildman–Crippen LogP) is 15.5.